The summed E-state index contributed by atoms with van der Waals surface area (Å²) < 4.78 is 6.83. The standard InChI is InChI=1S/C16H13BrO2/c17-12-6-7-16-14(9-12)15(18)10-13(19-16)8-11-4-2-1-3-5-11/h1-7,9,13H,8,10H2. The summed E-state index contributed by atoms with van der Waals surface area (Å²) in [6.07, 6.45) is 1.14. The van der Waals surface area contributed by atoms with E-state index >= 15 is 0 Å². The molecule has 0 fully saturated rings. The van der Waals surface area contributed by atoms with Gasteiger partial charge in [-0.05, 0) is 23.8 Å². The number of ether oxygens (including phenoxy) is 1. The fourth-order valence-corrected chi connectivity index (χ4v) is 2.71. The van der Waals surface area contributed by atoms with Gasteiger partial charge < -0.3 is 4.74 Å². The second-order valence-corrected chi connectivity index (χ2v) is 5.61. The first kappa shape index (κ1) is 12.4. The number of hydrogen-bond donors (Lipinski definition) is 0. The molecular weight excluding hydrogens is 304 g/mol. The quantitative estimate of drug-likeness (QED) is 0.836. The Labute approximate surface area is 120 Å². The SMILES string of the molecule is O=C1CC(Cc2ccccc2)Oc2ccc(Br)cc21. The van der Waals surface area contributed by atoms with Crippen LogP contribution < -0.4 is 4.74 Å². The summed E-state index contributed by atoms with van der Waals surface area (Å²) >= 11 is 3.38. The Hall–Kier alpha value is -1.61. The molecule has 3 heteroatoms. The Kier molecular flexibility index (Phi) is 3.38. The Morgan fingerprint density at radius 3 is 2.74 bits per heavy atom. The van der Waals surface area contributed by atoms with Gasteiger partial charge in [0.05, 0.1) is 5.56 Å². The lowest BCUT2D eigenvalue weighted by Gasteiger charge is -2.25. The molecule has 96 valence electrons. The molecule has 1 aliphatic rings. The van der Waals surface area contributed by atoms with E-state index in [0.717, 1.165) is 10.9 Å². The Morgan fingerprint density at radius 2 is 1.95 bits per heavy atom. The van der Waals surface area contributed by atoms with Crippen LogP contribution in [-0.4, -0.2) is 11.9 Å². The van der Waals surface area contributed by atoms with Crippen LogP contribution in [0.25, 0.3) is 0 Å². The van der Waals surface area contributed by atoms with Crippen LogP contribution in [0.2, 0.25) is 0 Å². The molecule has 0 saturated heterocycles. The molecule has 0 aromatic heterocycles. The minimum absolute atomic E-state index is 0.0661. The van der Waals surface area contributed by atoms with Crippen molar-refractivity contribution < 1.29 is 9.53 Å². The van der Waals surface area contributed by atoms with E-state index in [2.05, 4.69) is 28.1 Å². The van der Waals surface area contributed by atoms with Crippen LogP contribution in [0.5, 0.6) is 5.75 Å². The van der Waals surface area contributed by atoms with E-state index in [1.807, 2.05) is 36.4 Å². The van der Waals surface area contributed by atoms with Crippen molar-refractivity contribution in [3.05, 3.63) is 64.1 Å². The topological polar surface area (TPSA) is 26.3 Å². The average Bonchev–Trinajstić information content (AvgIpc) is 2.41. The van der Waals surface area contributed by atoms with E-state index in [4.69, 9.17) is 4.74 Å². The van der Waals surface area contributed by atoms with Gasteiger partial charge >= 0.3 is 0 Å². The molecule has 0 aliphatic carbocycles. The number of carbonyl (C=O) groups is 1. The molecule has 2 aromatic carbocycles. The van der Waals surface area contributed by atoms with Crippen LogP contribution in [0.15, 0.2) is 53.0 Å². The van der Waals surface area contributed by atoms with Gasteiger partial charge in [0.2, 0.25) is 0 Å². The largest absolute Gasteiger partial charge is 0.489 e. The number of benzene rings is 2. The van der Waals surface area contributed by atoms with Crippen LogP contribution in [-0.2, 0) is 6.42 Å². The highest BCUT2D eigenvalue weighted by atomic mass is 79.9. The van der Waals surface area contributed by atoms with Gasteiger partial charge in [0.1, 0.15) is 11.9 Å². The Balaban J connectivity index is 1.82. The Bertz CT molecular complexity index is 607. The fourth-order valence-electron chi connectivity index (χ4n) is 2.35. The van der Waals surface area contributed by atoms with Gasteiger partial charge in [-0.1, -0.05) is 46.3 Å². The minimum atomic E-state index is -0.0661. The van der Waals surface area contributed by atoms with Gasteiger partial charge in [-0.2, -0.15) is 0 Å². The van der Waals surface area contributed by atoms with E-state index < -0.39 is 0 Å². The molecule has 1 atom stereocenters. The maximum atomic E-state index is 12.1. The maximum absolute atomic E-state index is 12.1. The van der Waals surface area contributed by atoms with Crippen molar-refractivity contribution in [2.24, 2.45) is 0 Å². The first-order valence-electron chi connectivity index (χ1n) is 6.26. The molecule has 0 amide bonds. The van der Waals surface area contributed by atoms with Crippen molar-refractivity contribution in [2.45, 2.75) is 18.9 Å². The molecule has 0 saturated carbocycles. The number of halogens is 1. The van der Waals surface area contributed by atoms with Crippen LogP contribution in [0, 0.1) is 0 Å². The summed E-state index contributed by atoms with van der Waals surface area (Å²) in [6.45, 7) is 0. The summed E-state index contributed by atoms with van der Waals surface area (Å²) in [7, 11) is 0. The molecule has 0 bridgehead atoms. The summed E-state index contributed by atoms with van der Waals surface area (Å²) in [4.78, 5) is 12.1. The normalized spacial score (nSPS) is 17.7. The van der Waals surface area contributed by atoms with E-state index in [9.17, 15) is 4.79 Å². The zero-order chi connectivity index (χ0) is 13.2. The molecule has 1 unspecified atom stereocenters. The lowest BCUT2D eigenvalue weighted by molar-refractivity contribution is 0.0851. The van der Waals surface area contributed by atoms with Crippen LogP contribution >= 0.6 is 15.9 Å². The second-order valence-electron chi connectivity index (χ2n) is 4.70. The highest BCUT2D eigenvalue weighted by Gasteiger charge is 2.26. The summed E-state index contributed by atoms with van der Waals surface area (Å²) in [5.41, 5.74) is 1.87. The van der Waals surface area contributed by atoms with Crippen LogP contribution in [0.3, 0.4) is 0 Å². The lowest BCUT2D eigenvalue weighted by atomic mass is 9.96. The Morgan fingerprint density at radius 1 is 1.16 bits per heavy atom. The number of ketones is 1. The molecule has 19 heavy (non-hydrogen) atoms. The van der Waals surface area contributed by atoms with Gasteiger partial charge in [0, 0.05) is 17.3 Å². The molecule has 3 rings (SSSR count). The minimum Gasteiger partial charge on any atom is -0.489 e. The molecule has 0 spiro atoms. The second kappa shape index (κ2) is 5.17. The van der Waals surface area contributed by atoms with Gasteiger partial charge in [-0.3, -0.25) is 4.79 Å². The molecule has 2 nitrogen and oxygen atoms in total. The smallest absolute Gasteiger partial charge is 0.170 e. The van der Waals surface area contributed by atoms with Gasteiger partial charge in [0.25, 0.3) is 0 Å². The third-order valence-electron chi connectivity index (χ3n) is 3.25. The fraction of sp³-hybridized carbons (Fsp3) is 0.188. The number of hydrogen-bond acceptors (Lipinski definition) is 2. The lowest BCUT2D eigenvalue weighted by Crippen LogP contribution is -2.28. The predicted molar refractivity (Wildman–Crippen MR) is 77.7 cm³/mol. The third kappa shape index (κ3) is 2.71. The number of fused-ring (bicyclic) bond motifs is 1. The molecule has 1 heterocycles. The summed E-state index contributed by atoms with van der Waals surface area (Å²) in [5, 5.41) is 0. The third-order valence-corrected chi connectivity index (χ3v) is 3.75. The average molecular weight is 317 g/mol. The van der Waals surface area contributed by atoms with Crippen LogP contribution in [0.4, 0.5) is 0 Å². The number of carbonyl (C=O) groups excluding carboxylic acids is 1. The highest BCUT2D eigenvalue weighted by Crippen LogP contribution is 2.31. The van der Waals surface area contributed by atoms with Crippen LogP contribution in [0.1, 0.15) is 22.3 Å². The molecular formula is C16H13BrO2. The maximum Gasteiger partial charge on any atom is 0.170 e. The van der Waals surface area contributed by atoms with Crippen molar-refractivity contribution in [3.8, 4) is 5.75 Å². The van der Waals surface area contributed by atoms with Gasteiger partial charge in [-0.15, -0.1) is 0 Å². The highest BCUT2D eigenvalue weighted by molar-refractivity contribution is 9.10. The molecule has 2 aromatic rings. The predicted octanol–water partition coefficient (Wildman–Crippen LogP) is 4.03. The summed E-state index contributed by atoms with van der Waals surface area (Å²) in [5.74, 6) is 0.851. The molecule has 0 radical (unpaired) electrons. The van der Waals surface area contributed by atoms with Crippen molar-refractivity contribution in [3.63, 3.8) is 0 Å². The summed E-state index contributed by atoms with van der Waals surface area (Å²) in [6, 6.07) is 15.7. The van der Waals surface area contributed by atoms with Gasteiger partial charge in [0.15, 0.2) is 5.78 Å². The number of rotatable bonds is 2. The first-order chi connectivity index (χ1) is 9.22. The van der Waals surface area contributed by atoms with Crippen molar-refractivity contribution in [2.75, 3.05) is 0 Å². The van der Waals surface area contributed by atoms with E-state index in [1.54, 1.807) is 0 Å². The zero-order valence-corrected chi connectivity index (χ0v) is 11.9. The van der Waals surface area contributed by atoms with Crippen molar-refractivity contribution in [1.82, 2.24) is 0 Å². The van der Waals surface area contributed by atoms with Gasteiger partial charge in [-0.25, -0.2) is 0 Å². The molecule has 0 N–H and O–H groups in total. The van der Waals surface area contributed by atoms with E-state index in [1.165, 1.54) is 5.56 Å². The van der Waals surface area contributed by atoms with Crippen molar-refractivity contribution >= 4 is 21.7 Å². The first-order valence-corrected chi connectivity index (χ1v) is 7.05. The van der Waals surface area contributed by atoms with Crippen molar-refractivity contribution in [1.29, 1.82) is 0 Å². The number of Topliss-reactive ketones (excluding diaryl/α,β-unsaturated/α-hetero) is 1. The monoisotopic (exact) mass is 316 g/mol. The van der Waals surface area contributed by atoms with E-state index in [-0.39, 0.29) is 11.9 Å². The molecule has 1 aliphatic heterocycles. The zero-order valence-electron chi connectivity index (χ0n) is 10.3. The van der Waals surface area contributed by atoms with E-state index in [0.29, 0.717) is 17.7 Å².